The number of hydrogen-bond acceptors (Lipinski definition) is 5. The van der Waals surface area contributed by atoms with Crippen LogP contribution in [0.5, 0.6) is 5.75 Å². The van der Waals surface area contributed by atoms with Gasteiger partial charge in [-0.25, -0.2) is 12.8 Å². The molecule has 170 valence electrons. The summed E-state index contributed by atoms with van der Waals surface area (Å²) < 4.78 is 43.8. The average Bonchev–Trinajstić information content (AvgIpc) is 2.65. The van der Waals surface area contributed by atoms with E-state index in [1.807, 2.05) is 0 Å². The molecule has 32 heavy (non-hydrogen) atoms. The molecule has 3 saturated carbocycles. The van der Waals surface area contributed by atoms with E-state index in [2.05, 4.69) is 15.4 Å². The maximum Gasteiger partial charge on any atom is 0.258 e. The fraction of sp³-hybridized carbons (Fsp3) is 0.333. The highest BCUT2D eigenvalue weighted by molar-refractivity contribution is 7.92. The lowest BCUT2D eigenvalue weighted by Crippen LogP contribution is -2.84. The fourth-order valence-corrected chi connectivity index (χ4v) is 5.02. The molecule has 0 saturated heterocycles. The molecular formula is C21H21ClFN3O5S. The van der Waals surface area contributed by atoms with E-state index in [1.165, 1.54) is 18.2 Å². The van der Waals surface area contributed by atoms with Gasteiger partial charge in [-0.3, -0.25) is 14.3 Å². The monoisotopic (exact) mass is 481 g/mol. The molecule has 2 aromatic rings. The van der Waals surface area contributed by atoms with Crippen LogP contribution < -0.4 is 20.1 Å². The third-order valence-electron chi connectivity index (χ3n) is 5.50. The number of halogens is 2. The maximum atomic E-state index is 13.4. The number of amides is 2. The summed E-state index contributed by atoms with van der Waals surface area (Å²) in [6, 6.07) is 10.2. The molecule has 0 atom stereocenters. The number of rotatable bonds is 8. The summed E-state index contributed by atoms with van der Waals surface area (Å²) in [5, 5.41) is 5.87. The zero-order valence-electron chi connectivity index (χ0n) is 17.1. The minimum Gasteiger partial charge on any atom is -0.484 e. The topological polar surface area (TPSA) is 114 Å². The predicted molar refractivity (Wildman–Crippen MR) is 117 cm³/mol. The van der Waals surface area contributed by atoms with Crippen LogP contribution in [0.25, 0.3) is 0 Å². The van der Waals surface area contributed by atoms with Gasteiger partial charge in [0.25, 0.3) is 11.8 Å². The number of anilines is 1. The molecule has 8 nitrogen and oxygen atoms in total. The third-order valence-corrected chi connectivity index (χ3v) is 6.42. The van der Waals surface area contributed by atoms with Crippen molar-refractivity contribution in [1.82, 2.24) is 10.6 Å². The highest BCUT2D eigenvalue weighted by Crippen LogP contribution is 2.60. The highest BCUT2D eigenvalue weighted by atomic mass is 35.5. The van der Waals surface area contributed by atoms with Gasteiger partial charge in [-0.2, -0.15) is 0 Å². The van der Waals surface area contributed by atoms with E-state index in [9.17, 15) is 22.4 Å². The number of benzene rings is 2. The SMILES string of the molecule is CS(=O)(=O)Nc1cccc(C(=O)NC23CC(NC(=O)COc4ccc(Cl)c(F)c4)(C2)C3)c1. The smallest absolute Gasteiger partial charge is 0.258 e. The maximum absolute atomic E-state index is 13.4. The van der Waals surface area contributed by atoms with Crippen molar-refractivity contribution < 1.29 is 27.1 Å². The van der Waals surface area contributed by atoms with Gasteiger partial charge in [0.15, 0.2) is 6.61 Å². The van der Waals surface area contributed by atoms with E-state index in [-0.39, 0.29) is 40.3 Å². The second kappa shape index (κ2) is 7.93. The van der Waals surface area contributed by atoms with Crippen LogP contribution in [0.1, 0.15) is 29.6 Å². The Balaban J connectivity index is 1.26. The minimum atomic E-state index is -3.44. The zero-order valence-corrected chi connectivity index (χ0v) is 18.6. The van der Waals surface area contributed by atoms with Crippen LogP contribution in [-0.4, -0.2) is 44.2 Å². The summed E-state index contributed by atoms with van der Waals surface area (Å²) in [7, 11) is -3.44. The normalized spacial score (nSPS) is 23.3. The van der Waals surface area contributed by atoms with Crippen LogP contribution in [0, 0.1) is 5.82 Å². The third kappa shape index (κ3) is 4.81. The van der Waals surface area contributed by atoms with E-state index in [1.54, 1.807) is 18.2 Å². The van der Waals surface area contributed by atoms with Gasteiger partial charge in [-0.15, -0.1) is 0 Å². The van der Waals surface area contributed by atoms with Crippen LogP contribution in [-0.2, 0) is 14.8 Å². The van der Waals surface area contributed by atoms with E-state index in [4.69, 9.17) is 16.3 Å². The quantitative estimate of drug-likeness (QED) is 0.536. The van der Waals surface area contributed by atoms with Crippen molar-refractivity contribution >= 4 is 39.1 Å². The minimum absolute atomic E-state index is 0.0265. The van der Waals surface area contributed by atoms with Gasteiger partial charge in [0.1, 0.15) is 11.6 Å². The van der Waals surface area contributed by atoms with E-state index >= 15 is 0 Å². The Kier molecular flexibility index (Phi) is 5.54. The molecule has 2 amide bonds. The van der Waals surface area contributed by atoms with Crippen molar-refractivity contribution in [3.8, 4) is 5.75 Å². The van der Waals surface area contributed by atoms with Gasteiger partial charge >= 0.3 is 0 Å². The molecule has 2 bridgehead atoms. The molecule has 2 aromatic carbocycles. The van der Waals surface area contributed by atoms with Crippen molar-refractivity contribution in [2.24, 2.45) is 0 Å². The molecule has 0 spiro atoms. The molecule has 3 N–H and O–H groups in total. The standard InChI is InChI=1S/C21H21ClFN3O5S/c1-32(29,30)26-14-4-2-3-13(7-14)19(28)25-21-10-20(11-21,12-21)24-18(27)9-31-15-5-6-16(22)17(23)8-15/h2-8,26H,9-12H2,1H3,(H,24,27)(H,25,28). The molecule has 0 aromatic heterocycles. The van der Waals surface area contributed by atoms with Gasteiger partial charge in [0.2, 0.25) is 10.0 Å². The first kappa shape index (κ1) is 22.3. The van der Waals surface area contributed by atoms with Crippen molar-refractivity contribution in [1.29, 1.82) is 0 Å². The highest BCUT2D eigenvalue weighted by Gasteiger charge is 2.69. The number of ether oxygens (including phenoxy) is 1. The largest absolute Gasteiger partial charge is 0.484 e. The summed E-state index contributed by atoms with van der Waals surface area (Å²) >= 11 is 5.62. The van der Waals surface area contributed by atoms with Crippen LogP contribution in [0.3, 0.4) is 0 Å². The fourth-order valence-electron chi connectivity index (χ4n) is 4.35. The average molecular weight is 482 g/mol. The molecular weight excluding hydrogens is 461 g/mol. The Morgan fingerprint density at radius 3 is 2.44 bits per heavy atom. The molecule has 5 rings (SSSR count). The Labute approximate surface area is 189 Å². The number of nitrogens with one attached hydrogen (secondary N) is 3. The van der Waals surface area contributed by atoms with Gasteiger partial charge in [-0.05, 0) is 49.6 Å². The van der Waals surface area contributed by atoms with Gasteiger partial charge in [0.05, 0.1) is 11.3 Å². The Morgan fingerprint density at radius 1 is 1.09 bits per heavy atom. The van der Waals surface area contributed by atoms with Crippen molar-refractivity contribution in [2.75, 3.05) is 17.6 Å². The molecule has 11 heteroatoms. The lowest BCUT2D eigenvalue weighted by Gasteiger charge is -2.70. The zero-order chi connectivity index (χ0) is 23.1. The first-order valence-electron chi connectivity index (χ1n) is 9.76. The number of carbonyl (C=O) groups is 2. The van der Waals surface area contributed by atoms with Gasteiger partial charge in [0, 0.05) is 28.4 Å². The Morgan fingerprint density at radius 2 is 1.78 bits per heavy atom. The molecule has 3 fully saturated rings. The molecule has 0 heterocycles. The number of hydrogen-bond donors (Lipinski definition) is 3. The summed E-state index contributed by atoms with van der Waals surface area (Å²) in [5.41, 5.74) is -0.115. The van der Waals surface area contributed by atoms with Crippen LogP contribution in [0.2, 0.25) is 5.02 Å². The first-order valence-corrected chi connectivity index (χ1v) is 12.0. The van der Waals surface area contributed by atoms with E-state index in [0.717, 1.165) is 12.3 Å². The van der Waals surface area contributed by atoms with Crippen molar-refractivity contribution in [2.45, 2.75) is 30.3 Å². The molecule has 0 radical (unpaired) electrons. The molecule has 3 aliphatic carbocycles. The van der Waals surface area contributed by atoms with Crippen LogP contribution in [0.4, 0.5) is 10.1 Å². The Bertz CT molecular complexity index is 1180. The van der Waals surface area contributed by atoms with Gasteiger partial charge < -0.3 is 15.4 Å². The lowest BCUT2D eigenvalue weighted by molar-refractivity contribution is -0.141. The lowest BCUT2D eigenvalue weighted by atomic mass is 9.44. The number of sulfonamides is 1. The Hall–Kier alpha value is -2.85. The second-order valence-electron chi connectivity index (χ2n) is 8.41. The van der Waals surface area contributed by atoms with Crippen LogP contribution >= 0.6 is 11.6 Å². The summed E-state index contributed by atoms with van der Waals surface area (Å²) in [6.07, 6.45) is 2.81. The van der Waals surface area contributed by atoms with E-state index < -0.39 is 15.8 Å². The second-order valence-corrected chi connectivity index (χ2v) is 10.6. The van der Waals surface area contributed by atoms with E-state index in [0.29, 0.717) is 30.5 Å². The summed E-state index contributed by atoms with van der Waals surface area (Å²) in [5.74, 6) is -1.07. The molecule has 0 aliphatic heterocycles. The number of carbonyl (C=O) groups excluding carboxylic acids is 2. The predicted octanol–water partition coefficient (Wildman–Crippen LogP) is 2.45. The first-order chi connectivity index (χ1) is 15.0. The summed E-state index contributed by atoms with van der Waals surface area (Å²) in [4.78, 5) is 24.8. The van der Waals surface area contributed by atoms with Crippen molar-refractivity contribution in [3.05, 3.63) is 58.9 Å². The van der Waals surface area contributed by atoms with Crippen molar-refractivity contribution in [3.63, 3.8) is 0 Å². The molecule has 0 unspecified atom stereocenters. The summed E-state index contributed by atoms with van der Waals surface area (Å²) in [6.45, 7) is -0.262. The van der Waals surface area contributed by atoms with Crippen LogP contribution in [0.15, 0.2) is 42.5 Å². The van der Waals surface area contributed by atoms with Gasteiger partial charge in [-0.1, -0.05) is 17.7 Å². The molecule has 3 aliphatic rings.